The van der Waals surface area contributed by atoms with Gasteiger partial charge in [0.2, 0.25) is 0 Å². The summed E-state index contributed by atoms with van der Waals surface area (Å²) in [5, 5.41) is 0.548. The molecule has 96 valence electrons. The van der Waals surface area contributed by atoms with E-state index < -0.39 is 25.7 Å². The van der Waals surface area contributed by atoms with E-state index in [4.69, 9.17) is 10.3 Å². The molecule has 2 aromatic carbocycles. The van der Waals surface area contributed by atoms with E-state index >= 15 is 0 Å². The molecule has 0 saturated heterocycles. The number of hydrogen-bond donors (Lipinski definition) is 3. The molecular formula is C10H9NO5S2. The highest BCUT2D eigenvalue weighted by Gasteiger charge is 2.18. The van der Waals surface area contributed by atoms with Crippen LogP contribution in [0.25, 0.3) is 10.8 Å². The Kier molecular flexibility index (Phi) is 3.01. The largest absolute Gasteiger partial charge is 0.398 e. The van der Waals surface area contributed by atoms with Crippen molar-refractivity contribution in [2.45, 2.75) is 9.79 Å². The summed E-state index contributed by atoms with van der Waals surface area (Å²) in [7, 11) is -7.23. The van der Waals surface area contributed by atoms with Crippen molar-refractivity contribution in [1.82, 2.24) is 0 Å². The molecule has 0 bridgehead atoms. The summed E-state index contributed by atoms with van der Waals surface area (Å²) in [4.78, 5) is -0.351. The highest BCUT2D eigenvalue weighted by atomic mass is 32.2. The van der Waals surface area contributed by atoms with Gasteiger partial charge in [0.25, 0.3) is 10.1 Å². The van der Waals surface area contributed by atoms with Gasteiger partial charge in [-0.1, -0.05) is 12.1 Å². The number of thiol groups is 1. The van der Waals surface area contributed by atoms with Crippen molar-refractivity contribution in [1.29, 1.82) is 0 Å². The molecule has 2 rings (SSSR count). The highest BCUT2D eigenvalue weighted by molar-refractivity contribution is 7.86. The van der Waals surface area contributed by atoms with Crippen LogP contribution in [-0.2, 0) is 20.8 Å². The zero-order valence-electron chi connectivity index (χ0n) is 8.90. The number of benzene rings is 2. The summed E-state index contributed by atoms with van der Waals surface area (Å²) >= 11 is 0. The Bertz CT molecular complexity index is 800. The fraction of sp³-hybridized carbons (Fsp3) is 0. The summed E-state index contributed by atoms with van der Waals surface area (Å²) in [5.41, 5.74) is 5.42. The maximum atomic E-state index is 11.2. The normalized spacial score (nSPS) is 12.1. The molecule has 0 aliphatic heterocycles. The molecule has 0 heterocycles. The minimum Gasteiger partial charge on any atom is -0.398 e. The third-order valence-corrected chi connectivity index (χ3v) is 4.12. The number of nitrogens with two attached hydrogens (primary N) is 1. The third kappa shape index (κ3) is 2.17. The van der Waals surface area contributed by atoms with Gasteiger partial charge in [0, 0.05) is 5.39 Å². The molecule has 0 amide bonds. The van der Waals surface area contributed by atoms with E-state index in [0.717, 1.165) is 0 Å². The molecule has 0 fully saturated rings. The van der Waals surface area contributed by atoms with Crippen LogP contribution in [0, 0.1) is 0 Å². The Hall–Kier alpha value is -1.64. The van der Waals surface area contributed by atoms with E-state index in [1.807, 2.05) is 0 Å². The first-order chi connectivity index (χ1) is 8.30. The fourth-order valence-electron chi connectivity index (χ4n) is 1.71. The Morgan fingerprint density at radius 2 is 1.78 bits per heavy atom. The first kappa shape index (κ1) is 12.8. The van der Waals surface area contributed by atoms with Crippen LogP contribution in [0.4, 0.5) is 5.69 Å². The van der Waals surface area contributed by atoms with Gasteiger partial charge < -0.3 is 5.73 Å². The number of anilines is 1. The molecule has 0 spiro atoms. The van der Waals surface area contributed by atoms with Gasteiger partial charge in [-0.15, -0.1) is 0 Å². The van der Waals surface area contributed by atoms with Gasteiger partial charge in [-0.3, -0.25) is 4.55 Å². The third-order valence-electron chi connectivity index (χ3n) is 2.45. The molecule has 6 nitrogen and oxygen atoms in total. The quantitative estimate of drug-likeness (QED) is 0.424. The molecule has 0 radical (unpaired) electrons. The van der Waals surface area contributed by atoms with Gasteiger partial charge in [-0.25, -0.2) is 8.42 Å². The van der Waals surface area contributed by atoms with Crippen molar-refractivity contribution in [2.24, 2.45) is 0 Å². The molecule has 0 aliphatic carbocycles. The SMILES string of the molecule is Nc1ccc2cc([SH](=O)=O)ccc2c1S(=O)(=O)O. The topological polar surface area (TPSA) is 115 Å². The van der Waals surface area contributed by atoms with Gasteiger partial charge in [0.15, 0.2) is 10.7 Å². The van der Waals surface area contributed by atoms with Crippen LogP contribution in [0.3, 0.4) is 0 Å². The first-order valence-corrected chi connectivity index (χ1v) is 7.36. The maximum Gasteiger partial charge on any atom is 0.297 e. The summed E-state index contributed by atoms with van der Waals surface area (Å²) in [5.74, 6) is 0. The van der Waals surface area contributed by atoms with Gasteiger partial charge in [0.05, 0.1) is 10.6 Å². The predicted octanol–water partition coefficient (Wildman–Crippen LogP) is 0.639. The number of rotatable bonds is 2. The lowest BCUT2D eigenvalue weighted by Crippen LogP contribution is -2.04. The van der Waals surface area contributed by atoms with Crippen molar-refractivity contribution in [3.63, 3.8) is 0 Å². The lowest BCUT2D eigenvalue weighted by molar-refractivity contribution is 0.484. The van der Waals surface area contributed by atoms with E-state index in [2.05, 4.69) is 0 Å². The first-order valence-electron chi connectivity index (χ1n) is 4.75. The van der Waals surface area contributed by atoms with Crippen molar-refractivity contribution >= 4 is 37.3 Å². The van der Waals surface area contributed by atoms with E-state index in [-0.39, 0.29) is 16.0 Å². The highest BCUT2D eigenvalue weighted by Crippen LogP contribution is 2.29. The van der Waals surface area contributed by atoms with Gasteiger partial charge >= 0.3 is 0 Å². The summed E-state index contributed by atoms with van der Waals surface area (Å²) in [6, 6.07) is 6.65. The van der Waals surface area contributed by atoms with Crippen LogP contribution in [0.2, 0.25) is 0 Å². The van der Waals surface area contributed by atoms with Crippen LogP contribution in [0.15, 0.2) is 40.1 Å². The van der Waals surface area contributed by atoms with Crippen LogP contribution >= 0.6 is 0 Å². The van der Waals surface area contributed by atoms with Gasteiger partial charge in [-0.2, -0.15) is 8.42 Å². The monoisotopic (exact) mass is 287 g/mol. The van der Waals surface area contributed by atoms with Crippen LogP contribution in [-0.4, -0.2) is 21.4 Å². The second-order valence-corrected chi connectivity index (χ2v) is 6.01. The molecule has 2 aromatic rings. The minimum atomic E-state index is -4.47. The Morgan fingerprint density at radius 1 is 1.11 bits per heavy atom. The smallest absolute Gasteiger partial charge is 0.297 e. The lowest BCUT2D eigenvalue weighted by Gasteiger charge is -2.07. The average molecular weight is 287 g/mol. The maximum absolute atomic E-state index is 11.2. The van der Waals surface area contributed by atoms with Crippen LogP contribution in [0.1, 0.15) is 0 Å². The van der Waals surface area contributed by atoms with E-state index in [1.165, 1.54) is 30.3 Å². The number of fused-ring (bicyclic) bond motifs is 1. The number of nitrogen functional groups attached to an aromatic ring is 1. The van der Waals surface area contributed by atoms with E-state index in [0.29, 0.717) is 5.39 Å². The van der Waals surface area contributed by atoms with Crippen molar-refractivity contribution in [2.75, 3.05) is 5.73 Å². The van der Waals surface area contributed by atoms with Gasteiger partial charge in [0.1, 0.15) is 4.90 Å². The molecule has 18 heavy (non-hydrogen) atoms. The zero-order valence-corrected chi connectivity index (χ0v) is 10.6. The summed E-state index contributed by atoms with van der Waals surface area (Å²) in [6.45, 7) is 0. The Balaban J connectivity index is 2.92. The molecule has 0 unspecified atom stereocenters. The van der Waals surface area contributed by atoms with E-state index in [1.54, 1.807) is 0 Å². The van der Waals surface area contributed by atoms with Gasteiger partial charge in [-0.05, 0) is 23.6 Å². The van der Waals surface area contributed by atoms with E-state index in [9.17, 15) is 16.8 Å². The molecule has 8 heteroatoms. The summed E-state index contributed by atoms with van der Waals surface area (Å²) < 4.78 is 53.3. The molecule has 0 aromatic heterocycles. The Labute approximate surface area is 105 Å². The molecule has 0 saturated carbocycles. The second kappa shape index (κ2) is 4.23. The van der Waals surface area contributed by atoms with Crippen LogP contribution in [0.5, 0.6) is 0 Å². The summed E-state index contributed by atoms with van der Waals surface area (Å²) in [6.07, 6.45) is 0. The van der Waals surface area contributed by atoms with Crippen molar-refractivity contribution < 1.29 is 21.4 Å². The number of hydrogen-bond acceptors (Lipinski definition) is 5. The minimum absolute atomic E-state index is 0.0589. The average Bonchev–Trinajstić information content (AvgIpc) is 2.26. The van der Waals surface area contributed by atoms with Crippen molar-refractivity contribution in [3.05, 3.63) is 30.3 Å². The molecule has 0 aliphatic rings. The fourth-order valence-corrected chi connectivity index (χ4v) is 2.98. The van der Waals surface area contributed by atoms with Crippen LogP contribution < -0.4 is 5.73 Å². The zero-order chi connectivity index (χ0) is 13.5. The van der Waals surface area contributed by atoms with Crippen molar-refractivity contribution in [3.8, 4) is 0 Å². The second-order valence-electron chi connectivity index (χ2n) is 3.62. The molecular weight excluding hydrogens is 278 g/mol. The molecule has 0 atom stereocenters. The Morgan fingerprint density at radius 3 is 2.33 bits per heavy atom. The standard InChI is InChI=1S/C10H9NO5S2/c11-9-4-1-6-5-7(17(12)13)2-3-8(6)10(9)18(14,15)16/h1-5,17H,11H2,(H,14,15,16). The lowest BCUT2D eigenvalue weighted by atomic mass is 10.1. The molecule has 3 N–H and O–H groups in total. The predicted molar refractivity (Wildman–Crippen MR) is 66.8 cm³/mol.